The molecule has 0 spiro atoms. The van der Waals surface area contributed by atoms with Gasteiger partial charge in [0.1, 0.15) is 0 Å². The smallest absolute Gasteiger partial charge is 0.317 e. The van der Waals surface area contributed by atoms with Gasteiger partial charge in [-0.2, -0.15) is 0 Å². The summed E-state index contributed by atoms with van der Waals surface area (Å²) in [5.41, 5.74) is -0.438. The minimum Gasteiger partial charge on any atom is -0.481 e. The van der Waals surface area contributed by atoms with Gasteiger partial charge < -0.3 is 20.1 Å². The SMILES string of the molecule is COCC(C)(C)NC(=O)N(C)CCCC(=O)O. The van der Waals surface area contributed by atoms with E-state index in [2.05, 4.69) is 5.32 Å². The van der Waals surface area contributed by atoms with Crippen molar-refractivity contribution < 1.29 is 19.4 Å². The van der Waals surface area contributed by atoms with Crippen LogP contribution < -0.4 is 5.32 Å². The van der Waals surface area contributed by atoms with Crippen LogP contribution in [0.1, 0.15) is 26.7 Å². The number of hydrogen-bond acceptors (Lipinski definition) is 3. The van der Waals surface area contributed by atoms with Gasteiger partial charge >= 0.3 is 12.0 Å². The highest BCUT2D eigenvalue weighted by Gasteiger charge is 2.21. The van der Waals surface area contributed by atoms with Crippen molar-refractivity contribution in [1.29, 1.82) is 0 Å². The van der Waals surface area contributed by atoms with Crippen LogP contribution in [0.4, 0.5) is 4.79 Å². The summed E-state index contributed by atoms with van der Waals surface area (Å²) in [6, 6.07) is -0.225. The largest absolute Gasteiger partial charge is 0.481 e. The molecule has 0 atom stereocenters. The summed E-state index contributed by atoms with van der Waals surface area (Å²) in [5, 5.41) is 11.3. The molecule has 2 amide bonds. The number of ether oxygens (including phenoxy) is 1. The van der Waals surface area contributed by atoms with Crippen molar-refractivity contribution in [3.05, 3.63) is 0 Å². The molecule has 0 aliphatic heterocycles. The molecule has 0 saturated heterocycles. The molecule has 0 bridgehead atoms. The van der Waals surface area contributed by atoms with E-state index in [1.54, 1.807) is 14.2 Å². The molecule has 0 fully saturated rings. The summed E-state index contributed by atoms with van der Waals surface area (Å²) in [7, 11) is 3.21. The van der Waals surface area contributed by atoms with Gasteiger partial charge in [-0.1, -0.05) is 0 Å². The fraction of sp³-hybridized carbons (Fsp3) is 0.818. The van der Waals surface area contributed by atoms with Gasteiger partial charge in [0, 0.05) is 27.1 Å². The highest BCUT2D eigenvalue weighted by Crippen LogP contribution is 2.03. The third-order valence-corrected chi connectivity index (χ3v) is 2.18. The Bertz CT molecular complexity index is 266. The van der Waals surface area contributed by atoms with E-state index in [1.807, 2.05) is 13.8 Å². The minimum absolute atomic E-state index is 0.0685. The number of amides is 2. The maximum atomic E-state index is 11.7. The lowest BCUT2D eigenvalue weighted by Gasteiger charge is -2.28. The van der Waals surface area contributed by atoms with Crippen LogP contribution in [0.3, 0.4) is 0 Å². The van der Waals surface area contributed by atoms with Crippen LogP contribution in [0.15, 0.2) is 0 Å². The van der Waals surface area contributed by atoms with E-state index < -0.39 is 11.5 Å². The second kappa shape index (κ2) is 7.11. The highest BCUT2D eigenvalue weighted by molar-refractivity contribution is 5.74. The van der Waals surface area contributed by atoms with Crippen LogP contribution in [0.25, 0.3) is 0 Å². The lowest BCUT2D eigenvalue weighted by atomic mass is 10.1. The Hall–Kier alpha value is -1.30. The van der Waals surface area contributed by atoms with Gasteiger partial charge in [-0.15, -0.1) is 0 Å². The number of rotatable bonds is 7. The van der Waals surface area contributed by atoms with E-state index in [0.717, 1.165) is 0 Å². The second-order valence-corrected chi connectivity index (χ2v) is 4.67. The maximum absolute atomic E-state index is 11.7. The number of nitrogens with one attached hydrogen (secondary N) is 1. The Labute approximate surface area is 102 Å². The normalized spacial score (nSPS) is 11.1. The van der Waals surface area contributed by atoms with Crippen LogP contribution in [-0.2, 0) is 9.53 Å². The number of methoxy groups -OCH3 is 1. The predicted molar refractivity (Wildman–Crippen MR) is 64.0 cm³/mol. The van der Waals surface area contributed by atoms with Crippen molar-refractivity contribution in [2.45, 2.75) is 32.2 Å². The van der Waals surface area contributed by atoms with Gasteiger partial charge in [0.25, 0.3) is 0 Å². The first-order valence-corrected chi connectivity index (χ1v) is 5.52. The van der Waals surface area contributed by atoms with E-state index in [0.29, 0.717) is 19.6 Å². The lowest BCUT2D eigenvalue weighted by Crippen LogP contribution is -2.51. The molecule has 0 aromatic heterocycles. The average molecular weight is 246 g/mol. The number of carboxylic acid groups (broad SMARTS) is 1. The standard InChI is InChI=1S/C11H22N2O4/c1-11(2,8-17-4)12-10(16)13(3)7-5-6-9(14)15/h5-8H2,1-4H3,(H,12,16)(H,14,15). The Morgan fingerprint density at radius 3 is 2.47 bits per heavy atom. The van der Waals surface area contributed by atoms with Gasteiger partial charge in [0.2, 0.25) is 0 Å². The minimum atomic E-state index is -0.849. The molecular weight excluding hydrogens is 224 g/mol. The summed E-state index contributed by atoms with van der Waals surface area (Å²) in [6.07, 6.45) is 0.517. The number of aliphatic carboxylic acids is 1. The highest BCUT2D eigenvalue weighted by atomic mass is 16.5. The van der Waals surface area contributed by atoms with E-state index in [1.165, 1.54) is 4.90 Å². The van der Waals surface area contributed by atoms with E-state index in [9.17, 15) is 9.59 Å². The van der Waals surface area contributed by atoms with Crippen LogP contribution in [0, 0.1) is 0 Å². The van der Waals surface area contributed by atoms with Gasteiger partial charge in [-0.25, -0.2) is 4.79 Å². The summed E-state index contributed by atoms with van der Waals surface area (Å²) in [4.78, 5) is 23.5. The van der Waals surface area contributed by atoms with Gasteiger partial charge in [-0.3, -0.25) is 4.79 Å². The third-order valence-electron chi connectivity index (χ3n) is 2.18. The monoisotopic (exact) mass is 246 g/mol. The van der Waals surface area contributed by atoms with Gasteiger partial charge in [-0.05, 0) is 20.3 Å². The fourth-order valence-corrected chi connectivity index (χ4v) is 1.35. The summed E-state index contributed by atoms with van der Waals surface area (Å²) >= 11 is 0. The van der Waals surface area contributed by atoms with Crippen molar-refractivity contribution in [2.24, 2.45) is 0 Å². The summed E-state index contributed by atoms with van der Waals surface area (Å²) in [5.74, 6) is -0.849. The van der Waals surface area contributed by atoms with Crippen LogP contribution in [0.5, 0.6) is 0 Å². The maximum Gasteiger partial charge on any atom is 0.317 e. The van der Waals surface area contributed by atoms with Crippen LogP contribution in [-0.4, -0.2) is 54.9 Å². The van der Waals surface area contributed by atoms with Crippen molar-refractivity contribution in [1.82, 2.24) is 10.2 Å². The van der Waals surface area contributed by atoms with E-state index in [-0.39, 0.29) is 12.5 Å². The zero-order valence-corrected chi connectivity index (χ0v) is 10.9. The summed E-state index contributed by atoms with van der Waals surface area (Å²) in [6.45, 7) is 4.56. The zero-order valence-electron chi connectivity index (χ0n) is 10.9. The molecule has 0 rings (SSSR count). The molecule has 0 unspecified atom stereocenters. The zero-order chi connectivity index (χ0) is 13.5. The lowest BCUT2D eigenvalue weighted by molar-refractivity contribution is -0.137. The molecule has 0 heterocycles. The van der Waals surface area contributed by atoms with E-state index >= 15 is 0 Å². The first-order chi connectivity index (χ1) is 7.78. The first kappa shape index (κ1) is 15.7. The molecule has 6 heteroatoms. The van der Waals surface area contributed by atoms with Crippen LogP contribution >= 0.6 is 0 Å². The molecule has 100 valence electrons. The van der Waals surface area contributed by atoms with E-state index in [4.69, 9.17) is 9.84 Å². The predicted octanol–water partition coefficient (Wildman–Crippen LogP) is 0.918. The Morgan fingerprint density at radius 1 is 1.41 bits per heavy atom. The van der Waals surface area contributed by atoms with Gasteiger partial charge in [0.05, 0.1) is 12.1 Å². The number of hydrogen-bond donors (Lipinski definition) is 2. The Morgan fingerprint density at radius 2 is 2.00 bits per heavy atom. The van der Waals surface area contributed by atoms with Crippen LogP contribution in [0.2, 0.25) is 0 Å². The van der Waals surface area contributed by atoms with Crippen molar-refractivity contribution >= 4 is 12.0 Å². The van der Waals surface area contributed by atoms with Crippen molar-refractivity contribution in [3.63, 3.8) is 0 Å². The molecule has 17 heavy (non-hydrogen) atoms. The van der Waals surface area contributed by atoms with Crippen molar-refractivity contribution in [3.8, 4) is 0 Å². The Balaban J connectivity index is 4.00. The number of nitrogens with zero attached hydrogens (tertiary/aromatic N) is 1. The average Bonchev–Trinajstić information content (AvgIpc) is 2.15. The molecule has 6 nitrogen and oxygen atoms in total. The third kappa shape index (κ3) is 7.57. The van der Waals surface area contributed by atoms with Crippen molar-refractivity contribution in [2.75, 3.05) is 27.3 Å². The van der Waals surface area contributed by atoms with Gasteiger partial charge in [0.15, 0.2) is 0 Å². The molecular formula is C11H22N2O4. The molecule has 0 saturated carbocycles. The molecule has 0 radical (unpaired) electrons. The molecule has 0 aromatic carbocycles. The molecule has 0 aliphatic carbocycles. The quantitative estimate of drug-likeness (QED) is 0.700. The summed E-state index contributed by atoms with van der Waals surface area (Å²) < 4.78 is 4.99. The molecule has 0 aliphatic rings. The second-order valence-electron chi connectivity index (χ2n) is 4.67. The number of carbonyl (C=O) groups excluding carboxylic acids is 1. The first-order valence-electron chi connectivity index (χ1n) is 5.52. The topological polar surface area (TPSA) is 78.9 Å². The molecule has 0 aromatic rings. The molecule has 2 N–H and O–H groups in total. The number of carbonyl (C=O) groups is 2. The number of urea groups is 1. The Kier molecular flexibility index (Phi) is 6.57. The number of carboxylic acids is 1. The fourth-order valence-electron chi connectivity index (χ4n) is 1.35.